The van der Waals surface area contributed by atoms with Crippen molar-refractivity contribution in [2.75, 3.05) is 19.6 Å². The summed E-state index contributed by atoms with van der Waals surface area (Å²) < 4.78 is 0. The van der Waals surface area contributed by atoms with Crippen molar-refractivity contribution < 1.29 is 4.79 Å². The number of carbonyl (C=O) groups excluding carboxylic acids is 1. The summed E-state index contributed by atoms with van der Waals surface area (Å²) in [5, 5.41) is 3.64. The van der Waals surface area contributed by atoms with Crippen LogP contribution in [-0.2, 0) is 4.79 Å². The minimum absolute atomic E-state index is 0.236. The van der Waals surface area contributed by atoms with Crippen molar-refractivity contribution in [3.05, 3.63) is 0 Å². The van der Waals surface area contributed by atoms with Crippen LogP contribution in [0.3, 0.4) is 0 Å². The molecule has 0 aromatic rings. The van der Waals surface area contributed by atoms with Gasteiger partial charge in [0.25, 0.3) is 0 Å². The molecule has 19 heavy (non-hydrogen) atoms. The van der Waals surface area contributed by atoms with E-state index in [1.807, 2.05) is 25.7 Å². The summed E-state index contributed by atoms with van der Waals surface area (Å²) in [7, 11) is 0. The zero-order valence-corrected chi connectivity index (χ0v) is 13.3. The molecule has 0 bridgehead atoms. The largest absolute Gasteiger partial charge is 0.342 e. The summed E-state index contributed by atoms with van der Waals surface area (Å²) in [5.74, 6) is 0.300. The number of amides is 1. The summed E-state index contributed by atoms with van der Waals surface area (Å²) in [6, 6.07) is 0.616. The molecule has 0 saturated carbocycles. The second-order valence-electron chi connectivity index (χ2n) is 6.83. The molecule has 1 N–H and O–H groups in total. The lowest BCUT2D eigenvalue weighted by Crippen LogP contribution is -2.48. The Morgan fingerprint density at radius 1 is 1.16 bits per heavy atom. The lowest BCUT2D eigenvalue weighted by atomic mass is 9.93. The predicted octanol–water partition coefficient (Wildman–Crippen LogP) is 3.19. The van der Waals surface area contributed by atoms with Crippen LogP contribution in [-0.4, -0.2) is 36.5 Å². The first kappa shape index (κ1) is 16.5. The quantitative estimate of drug-likeness (QED) is 0.750. The van der Waals surface area contributed by atoms with Gasteiger partial charge < -0.3 is 10.2 Å². The van der Waals surface area contributed by atoms with Crippen molar-refractivity contribution in [1.29, 1.82) is 0 Å². The van der Waals surface area contributed by atoms with Crippen LogP contribution in [0.15, 0.2) is 0 Å². The molecule has 0 aliphatic carbocycles. The van der Waals surface area contributed by atoms with Gasteiger partial charge in [-0.3, -0.25) is 4.79 Å². The first-order valence-corrected chi connectivity index (χ1v) is 7.98. The summed E-state index contributed by atoms with van der Waals surface area (Å²) in [5.41, 5.74) is -0.236. The lowest BCUT2D eigenvalue weighted by molar-refractivity contribution is -0.140. The van der Waals surface area contributed by atoms with Crippen LogP contribution in [0.1, 0.15) is 66.2 Å². The predicted molar refractivity (Wildman–Crippen MR) is 81.2 cm³/mol. The van der Waals surface area contributed by atoms with Gasteiger partial charge in [-0.15, -0.1) is 0 Å². The van der Waals surface area contributed by atoms with Crippen LogP contribution >= 0.6 is 0 Å². The van der Waals surface area contributed by atoms with Crippen molar-refractivity contribution in [2.45, 2.75) is 72.3 Å². The molecule has 1 fully saturated rings. The fraction of sp³-hybridized carbons (Fsp3) is 0.938. The molecular formula is C16H32N2O. The molecule has 1 amide bonds. The fourth-order valence-electron chi connectivity index (χ4n) is 2.62. The Morgan fingerprint density at radius 3 is 2.32 bits per heavy atom. The van der Waals surface area contributed by atoms with Gasteiger partial charge in [-0.25, -0.2) is 0 Å². The Morgan fingerprint density at radius 2 is 1.79 bits per heavy atom. The Bertz CT molecular complexity index is 262. The van der Waals surface area contributed by atoms with Crippen molar-refractivity contribution in [3.8, 4) is 0 Å². The first-order chi connectivity index (χ1) is 8.95. The highest BCUT2D eigenvalue weighted by molar-refractivity contribution is 5.81. The van der Waals surface area contributed by atoms with E-state index in [1.54, 1.807) is 0 Å². The highest BCUT2D eigenvalue weighted by Gasteiger charge is 2.29. The SMILES string of the molecule is CCCCCCNC1CCN(C(=O)C(C)(C)C)CC1. The van der Waals surface area contributed by atoms with Gasteiger partial charge >= 0.3 is 0 Å². The number of unbranched alkanes of at least 4 members (excludes halogenated alkanes) is 3. The second-order valence-corrected chi connectivity index (χ2v) is 6.83. The van der Waals surface area contributed by atoms with Crippen LogP contribution in [0, 0.1) is 5.41 Å². The maximum Gasteiger partial charge on any atom is 0.227 e. The van der Waals surface area contributed by atoms with E-state index in [4.69, 9.17) is 0 Å². The monoisotopic (exact) mass is 268 g/mol. The highest BCUT2D eigenvalue weighted by Crippen LogP contribution is 2.20. The third-order valence-corrected chi connectivity index (χ3v) is 3.89. The van der Waals surface area contributed by atoms with E-state index in [0.29, 0.717) is 11.9 Å². The minimum atomic E-state index is -0.236. The Labute approximate surface area is 119 Å². The zero-order chi connectivity index (χ0) is 14.3. The van der Waals surface area contributed by atoms with E-state index in [1.165, 1.54) is 25.7 Å². The normalized spacial score (nSPS) is 17.8. The third-order valence-electron chi connectivity index (χ3n) is 3.89. The smallest absolute Gasteiger partial charge is 0.227 e. The zero-order valence-electron chi connectivity index (χ0n) is 13.3. The maximum atomic E-state index is 12.2. The fourth-order valence-corrected chi connectivity index (χ4v) is 2.62. The highest BCUT2D eigenvalue weighted by atomic mass is 16.2. The molecule has 1 aliphatic rings. The molecule has 0 radical (unpaired) electrons. The number of nitrogens with one attached hydrogen (secondary N) is 1. The van der Waals surface area contributed by atoms with Crippen molar-refractivity contribution >= 4 is 5.91 Å². The second kappa shape index (κ2) is 7.88. The van der Waals surface area contributed by atoms with E-state index in [-0.39, 0.29) is 5.41 Å². The topological polar surface area (TPSA) is 32.3 Å². The third kappa shape index (κ3) is 5.94. The summed E-state index contributed by atoms with van der Waals surface area (Å²) in [6.45, 7) is 11.2. The molecular weight excluding hydrogens is 236 g/mol. The summed E-state index contributed by atoms with van der Waals surface area (Å²) >= 11 is 0. The molecule has 0 atom stereocenters. The molecule has 112 valence electrons. The van der Waals surface area contributed by atoms with Gasteiger partial charge in [-0.05, 0) is 25.8 Å². The van der Waals surface area contributed by atoms with Crippen LogP contribution in [0.25, 0.3) is 0 Å². The van der Waals surface area contributed by atoms with E-state index >= 15 is 0 Å². The molecule has 0 unspecified atom stereocenters. The molecule has 3 heteroatoms. The van der Waals surface area contributed by atoms with E-state index in [9.17, 15) is 4.79 Å². The molecule has 1 aliphatic heterocycles. The number of rotatable bonds is 6. The van der Waals surface area contributed by atoms with E-state index in [2.05, 4.69) is 12.2 Å². The number of nitrogens with zero attached hydrogens (tertiary/aromatic N) is 1. The average Bonchev–Trinajstić information content (AvgIpc) is 2.37. The summed E-state index contributed by atoms with van der Waals surface area (Å²) in [4.78, 5) is 14.2. The van der Waals surface area contributed by atoms with Crippen molar-refractivity contribution in [2.24, 2.45) is 5.41 Å². The lowest BCUT2D eigenvalue weighted by Gasteiger charge is -2.36. The van der Waals surface area contributed by atoms with Crippen molar-refractivity contribution in [1.82, 2.24) is 10.2 Å². The Hall–Kier alpha value is -0.570. The molecule has 1 heterocycles. The van der Waals surface area contributed by atoms with Gasteiger partial charge in [0.2, 0.25) is 5.91 Å². The van der Waals surface area contributed by atoms with Gasteiger partial charge in [0, 0.05) is 24.5 Å². The Balaban J connectivity index is 2.17. The van der Waals surface area contributed by atoms with Gasteiger partial charge in [0.1, 0.15) is 0 Å². The van der Waals surface area contributed by atoms with Crippen LogP contribution in [0.2, 0.25) is 0 Å². The van der Waals surface area contributed by atoms with E-state index in [0.717, 1.165) is 32.5 Å². The van der Waals surface area contributed by atoms with Gasteiger partial charge in [0.15, 0.2) is 0 Å². The standard InChI is InChI=1S/C16H32N2O/c1-5-6-7-8-11-17-14-9-12-18(13-10-14)15(19)16(2,3)4/h14,17H,5-13H2,1-4H3. The molecule has 0 aromatic heterocycles. The van der Waals surface area contributed by atoms with Crippen LogP contribution in [0.4, 0.5) is 0 Å². The molecule has 0 aromatic carbocycles. The van der Waals surface area contributed by atoms with Crippen molar-refractivity contribution in [3.63, 3.8) is 0 Å². The first-order valence-electron chi connectivity index (χ1n) is 7.98. The van der Waals surface area contributed by atoms with Gasteiger partial charge in [-0.1, -0.05) is 47.0 Å². The molecule has 1 rings (SSSR count). The van der Waals surface area contributed by atoms with Crippen LogP contribution in [0.5, 0.6) is 0 Å². The number of carbonyl (C=O) groups is 1. The van der Waals surface area contributed by atoms with E-state index < -0.39 is 0 Å². The van der Waals surface area contributed by atoms with Gasteiger partial charge in [0.05, 0.1) is 0 Å². The summed E-state index contributed by atoms with van der Waals surface area (Å²) in [6.07, 6.45) is 7.48. The number of hydrogen-bond acceptors (Lipinski definition) is 2. The molecule has 1 saturated heterocycles. The molecule has 3 nitrogen and oxygen atoms in total. The molecule has 0 spiro atoms. The number of likely N-dealkylation sites (tertiary alicyclic amines) is 1. The van der Waals surface area contributed by atoms with Gasteiger partial charge in [-0.2, -0.15) is 0 Å². The number of hydrogen-bond donors (Lipinski definition) is 1. The Kier molecular flexibility index (Phi) is 6.84. The van der Waals surface area contributed by atoms with Crippen LogP contribution < -0.4 is 5.32 Å². The average molecular weight is 268 g/mol. The number of piperidine rings is 1. The maximum absolute atomic E-state index is 12.2. The minimum Gasteiger partial charge on any atom is -0.342 e.